The summed E-state index contributed by atoms with van der Waals surface area (Å²) in [5.74, 6) is 0.982. The van der Waals surface area contributed by atoms with Crippen molar-refractivity contribution in [1.29, 1.82) is 0 Å². The predicted molar refractivity (Wildman–Crippen MR) is 78.9 cm³/mol. The lowest BCUT2D eigenvalue weighted by Crippen LogP contribution is -2.27. The number of nitrogens with one attached hydrogen (secondary N) is 1. The maximum absolute atomic E-state index is 6.29. The minimum absolute atomic E-state index is 0.212. The van der Waals surface area contributed by atoms with E-state index in [1.165, 1.54) is 5.56 Å². The van der Waals surface area contributed by atoms with Crippen LogP contribution in [0.4, 0.5) is 0 Å². The van der Waals surface area contributed by atoms with Crippen LogP contribution < -0.4 is 10.1 Å². The van der Waals surface area contributed by atoms with Crippen molar-refractivity contribution in [3.63, 3.8) is 0 Å². The second kappa shape index (κ2) is 5.24. The first kappa shape index (κ1) is 12.5. The van der Waals surface area contributed by atoms with Crippen molar-refractivity contribution >= 4 is 11.6 Å². The summed E-state index contributed by atoms with van der Waals surface area (Å²) in [5.41, 5.74) is 3.38. The highest BCUT2D eigenvalue weighted by atomic mass is 35.5. The Morgan fingerprint density at radius 2 is 1.95 bits per heavy atom. The van der Waals surface area contributed by atoms with Crippen LogP contribution >= 0.6 is 11.6 Å². The first-order valence-corrected chi connectivity index (χ1v) is 6.85. The van der Waals surface area contributed by atoms with Gasteiger partial charge in [0, 0.05) is 29.1 Å². The molecule has 2 nitrogen and oxygen atoms in total. The number of rotatable bonds is 3. The summed E-state index contributed by atoms with van der Waals surface area (Å²) in [6.07, 6.45) is 1.16. The van der Waals surface area contributed by atoms with Crippen LogP contribution in [-0.4, -0.2) is 19.7 Å². The summed E-state index contributed by atoms with van der Waals surface area (Å²) in [6.45, 7) is 0.858. The van der Waals surface area contributed by atoms with Gasteiger partial charge in [-0.15, -0.1) is 0 Å². The Morgan fingerprint density at radius 3 is 2.74 bits per heavy atom. The molecule has 0 radical (unpaired) electrons. The standard InChI is InChI=1S/C16H16ClNO/c1-18-10-12-9-11-5-4-7-14(16(11)19-12)13-6-2-3-8-15(13)17/h2-8,12,18H,9-10H2,1H3/t12-/m1/s1. The second-order valence-corrected chi connectivity index (χ2v) is 5.18. The van der Waals surface area contributed by atoms with Crippen molar-refractivity contribution in [2.24, 2.45) is 0 Å². The largest absolute Gasteiger partial charge is 0.488 e. The predicted octanol–water partition coefficient (Wildman–Crippen LogP) is 3.53. The number of ether oxygens (including phenoxy) is 1. The maximum Gasteiger partial charge on any atom is 0.131 e. The first-order valence-electron chi connectivity index (χ1n) is 6.47. The summed E-state index contributed by atoms with van der Waals surface area (Å²) >= 11 is 6.29. The molecule has 98 valence electrons. The Morgan fingerprint density at radius 1 is 1.16 bits per heavy atom. The molecule has 19 heavy (non-hydrogen) atoms. The number of hydrogen-bond donors (Lipinski definition) is 1. The minimum Gasteiger partial charge on any atom is -0.488 e. The summed E-state index contributed by atoms with van der Waals surface area (Å²) in [6, 6.07) is 14.2. The van der Waals surface area contributed by atoms with Crippen LogP contribution in [-0.2, 0) is 6.42 Å². The third-order valence-electron chi connectivity index (χ3n) is 3.42. The Hall–Kier alpha value is -1.51. The second-order valence-electron chi connectivity index (χ2n) is 4.78. The lowest BCUT2D eigenvalue weighted by atomic mass is 10.0. The van der Waals surface area contributed by atoms with E-state index in [2.05, 4.69) is 23.5 Å². The molecular formula is C16H16ClNO. The molecule has 1 N–H and O–H groups in total. The lowest BCUT2D eigenvalue weighted by molar-refractivity contribution is 0.232. The van der Waals surface area contributed by atoms with Crippen molar-refractivity contribution in [2.75, 3.05) is 13.6 Å². The Balaban J connectivity index is 2.03. The van der Waals surface area contributed by atoms with Crippen molar-refractivity contribution < 1.29 is 4.74 Å². The number of halogens is 1. The van der Waals surface area contributed by atoms with Gasteiger partial charge in [0.05, 0.1) is 0 Å². The molecule has 0 unspecified atom stereocenters. The van der Waals surface area contributed by atoms with E-state index in [1.807, 2.05) is 31.3 Å². The molecule has 0 spiro atoms. The van der Waals surface area contributed by atoms with Crippen LogP contribution in [0.5, 0.6) is 5.75 Å². The summed E-state index contributed by atoms with van der Waals surface area (Å²) in [7, 11) is 1.95. The molecule has 0 bridgehead atoms. The van der Waals surface area contributed by atoms with E-state index in [0.29, 0.717) is 0 Å². The monoisotopic (exact) mass is 273 g/mol. The van der Waals surface area contributed by atoms with E-state index >= 15 is 0 Å². The zero-order chi connectivity index (χ0) is 13.2. The molecule has 1 aliphatic rings. The maximum atomic E-state index is 6.29. The molecule has 0 aromatic heterocycles. The molecule has 1 aliphatic heterocycles. The third-order valence-corrected chi connectivity index (χ3v) is 3.75. The van der Waals surface area contributed by atoms with Gasteiger partial charge < -0.3 is 10.1 Å². The topological polar surface area (TPSA) is 21.3 Å². The molecule has 1 atom stereocenters. The van der Waals surface area contributed by atoms with Gasteiger partial charge in [0.15, 0.2) is 0 Å². The highest BCUT2D eigenvalue weighted by Crippen LogP contribution is 2.40. The van der Waals surface area contributed by atoms with Gasteiger partial charge in [-0.2, -0.15) is 0 Å². The van der Waals surface area contributed by atoms with Crippen LogP contribution in [0, 0.1) is 0 Å². The number of para-hydroxylation sites is 1. The molecule has 0 saturated heterocycles. The first-order chi connectivity index (χ1) is 9.29. The van der Waals surface area contributed by atoms with Gasteiger partial charge in [-0.1, -0.05) is 48.0 Å². The van der Waals surface area contributed by atoms with E-state index in [9.17, 15) is 0 Å². The molecule has 0 saturated carbocycles. The number of hydrogen-bond acceptors (Lipinski definition) is 2. The molecule has 2 aromatic carbocycles. The fourth-order valence-corrected chi connectivity index (χ4v) is 2.81. The lowest BCUT2D eigenvalue weighted by Gasteiger charge is -2.12. The summed E-state index contributed by atoms with van der Waals surface area (Å²) in [5, 5.41) is 3.92. The van der Waals surface area contributed by atoms with Crippen LogP contribution in [0.3, 0.4) is 0 Å². The highest BCUT2D eigenvalue weighted by molar-refractivity contribution is 6.33. The van der Waals surface area contributed by atoms with Gasteiger partial charge in [-0.25, -0.2) is 0 Å². The fraction of sp³-hybridized carbons (Fsp3) is 0.250. The third kappa shape index (κ3) is 2.34. The number of fused-ring (bicyclic) bond motifs is 1. The summed E-state index contributed by atoms with van der Waals surface area (Å²) in [4.78, 5) is 0. The molecule has 3 rings (SSSR count). The molecular weight excluding hydrogens is 258 g/mol. The van der Waals surface area contributed by atoms with Gasteiger partial charge in [-0.3, -0.25) is 0 Å². The zero-order valence-corrected chi connectivity index (χ0v) is 11.6. The molecule has 0 fully saturated rings. The van der Waals surface area contributed by atoms with Gasteiger partial charge in [0.25, 0.3) is 0 Å². The molecule has 2 aromatic rings. The van der Waals surface area contributed by atoms with Gasteiger partial charge in [-0.05, 0) is 18.7 Å². The van der Waals surface area contributed by atoms with Gasteiger partial charge >= 0.3 is 0 Å². The smallest absolute Gasteiger partial charge is 0.131 e. The minimum atomic E-state index is 0.212. The van der Waals surface area contributed by atoms with E-state index in [4.69, 9.17) is 16.3 Å². The van der Waals surface area contributed by atoms with Crippen LogP contribution in [0.1, 0.15) is 5.56 Å². The van der Waals surface area contributed by atoms with Crippen molar-refractivity contribution in [3.05, 3.63) is 53.1 Å². The average Bonchev–Trinajstić information content (AvgIpc) is 2.82. The van der Waals surface area contributed by atoms with E-state index in [-0.39, 0.29) is 6.10 Å². The molecule has 0 amide bonds. The molecule has 3 heteroatoms. The Labute approximate surface area is 118 Å². The van der Waals surface area contributed by atoms with Crippen molar-refractivity contribution in [1.82, 2.24) is 5.32 Å². The summed E-state index contributed by atoms with van der Waals surface area (Å²) < 4.78 is 6.07. The van der Waals surface area contributed by atoms with Crippen LogP contribution in [0.2, 0.25) is 5.02 Å². The van der Waals surface area contributed by atoms with Gasteiger partial charge in [0.2, 0.25) is 0 Å². The van der Waals surface area contributed by atoms with E-state index in [1.54, 1.807) is 0 Å². The SMILES string of the molecule is CNC[C@H]1Cc2cccc(-c3ccccc3Cl)c2O1. The molecule has 1 heterocycles. The van der Waals surface area contributed by atoms with Crippen LogP contribution in [0.15, 0.2) is 42.5 Å². The average molecular weight is 274 g/mol. The number of benzene rings is 2. The van der Waals surface area contributed by atoms with Crippen molar-refractivity contribution in [2.45, 2.75) is 12.5 Å². The Bertz CT molecular complexity index is 597. The van der Waals surface area contributed by atoms with E-state index in [0.717, 1.165) is 34.9 Å². The Kier molecular flexibility index (Phi) is 3.45. The van der Waals surface area contributed by atoms with Gasteiger partial charge in [0.1, 0.15) is 11.9 Å². The zero-order valence-electron chi connectivity index (χ0n) is 10.8. The van der Waals surface area contributed by atoms with Crippen LogP contribution in [0.25, 0.3) is 11.1 Å². The number of likely N-dealkylation sites (N-methyl/N-ethyl adjacent to an activating group) is 1. The molecule has 0 aliphatic carbocycles. The fourth-order valence-electron chi connectivity index (χ4n) is 2.57. The van der Waals surface area contributed by atoms with E-state index < -0.39 is 0 Å². The quantitative estimate of drug-likeness (QED) is 0.924. The van der Waals surface area contributed by atoms with Crippen molar-refractivity contribution in [3.8, 4) is 16.9 Å². The highest BCUT2D eigenvalue weighted by Gasteiger charge is 2.25. The normalized spacial score (nSPS) is 17.1.